The molecule has 1 saturated carbocycles. The van der Waals surface area contributed by atoms with Gasteiger partial charge >= 0.3 is 0 Å². The molecule has 1 spiro atoms. The Balaban J connectivity index is 1.88. The lowest BCUT2D eigenvalue weighted by Gasteiger charge is -2.51. The maximum absolute atomic E-state index is 3.95. The average molecular weight is 296 g/mol. The van der Waals surface area contributed by atoms with Gasteiger partial charge in [0.05, 0.1) is 0 Å². The van der Waals surface area contributed by atoms with Crippen LogP contribution in [-0.2, 0) is 0 Å². The molecule has 0 radical (unpaired) electrons. The number of rotatable bonds is 6. The minimum absolute atomic E-state index is 0.450. The first-order valence-electron chi connectivity index (χ1n) is 9.16. The van der Waals surface area contributed by atoms with Crippen LogP contribution < -0.4 is 5.32 Å². The molecule has 3 nitrogen and oxygen atoms in total. The summed E-state index contributed by atoms with van der Waals surface area (Å²) in [6, 6.07) is 0.733. The molecule has 3 heteroatoms. The topological polar surface area (TPSA) is 18.5 Å². The summed E-state index contributed by atoms with van der Waals surface area (Å²) in [7, 11) is 4.36. The summed E-state index contributed by atoms with van der Waals surface area (Å²) < 4.78 is 0. The molecule has 1 N–H and O–H groups in total. The predicted molar refractivity (Wildman–Crippen MR) is 91.8 cm³/mol. The molecular weight excluding hydrogens is 258 g/mol. The van der Waals surface area contributed by atoms with Crippen LogP contribution in [0.25, 0.3) is 0 Å². The first-order valence-corrected chi connectivity index (χ1v) is 9.16. The molecule has 1 aliphatic carbocycles. The number of hydrogen-bond acceptors (Lipinski definition) is 3. The highest BCUT2D eigenvalue weighted by Crippen LogP contribution is 2.33. The molecule has 1 unspecified atom stereocenters. The van der Waals surface area contributed by atoms with Gasteiger partial charge in [-0.3, -0.25) is 4.90 Å². The molecule has 2 rings (SSSR count). The molecule has 0 amide bonds. The van der Waals surface area contributed by atoms with Crippen LogP contribution in [0.3, 0.4) is 0 Å². The first-order chi connectivity index (χ1) is 10.0. The summed E-state index contributed by atoms with van der Waals surface area (Å²) in [6.07, 6.45) is 9.76. The van der Waals surface area contributed by atoms with E-state index in [9.17, 15) is 0 Å². The third-order valence-corrected chi connectivity index (χ3v) is 5.54. The quantitative estimate of drug-likeness (QED) is 0.760. The maximum Gasteiger partial charge on any atom is 0.0309 e. The van der Waals surface area contributed by atoms with Crippen molar-refractivity contribution in [3.05, 3.63) is 0 Å². The lowest BCUT2D eigenvalue weighted by atomic mass is 9.78. The molecule has 0 bridgehead atoms. The summed E-state index contributed by atoms with van der Waals surface area (Å²) in [5.41, 5.74) is 0.450. The SMILES string of the molecule is CC(C)C1CNC2(CCCCC2)CN1CCCCN(C)C. The number of piperazine rings is 1. The first kappa shape index (κ1) is 17.2. The lowest BCUT2D eigenvalue weighted by Crippen LogP contribution is -2.65. The largest absolute Gasteiger partial charge is 0.309 e. The highest BCUT2D eigenvalue weighted by Gasteiger charge is 2.40. The van der Waals surface area contributed by atoms with Gasteiger partial charge in [-0.05, 0) is 58.8 Å². The Morgan fingerprint density at radius 1 is 1.14 bits per heavy atom. The van der Waals surface area contributed by atoms with Gasteiger partial charge in [-0.25, -0.2) is 0 Å². The van der Waals surface area contributed by atoms with Crippen LogP contribution in [0.2, 0.25) is 0 Å². The Kier molecular flexibility index (Phi) is 6.51. The van der Waals surface area contributed by atoms with Gasteiger partial charge in [0.25, 0.3) is 0 Å². The van der Waals surface area contributed by atoms with E-state index in [4.69, 9.17) is 0 Å². The van der Waals surface area contributed by atoms with Crippen molar-refractivity contribution in [2.24, 2.45) is 5.92 Å². The van der Waals surface area contributed by atoms with Gasteiger partial charge in [-0.15, -0.1) is 0 Å². The van der Waals surface area contributed by atoms with E-state index >= 15 is 0 Å². The number of unbranched alkanes of at least 4 members (excludes halogenated alkanes) is 1. The molecule has 1 aliphatic heterocycles. The highest BCUT2D eigenvalue weighted by atomic mass is 15.3. The van der Waals surface area contributed by atoms with Crippen LogP contribution in [0.4, 0.5) is 0 Å². The second kappa shape index (κ2) is 7.94. The smallest absolute Gasteiger partial charge is 0.0309 e. The Hall–Kier alpha value is -0.120. The van der Waals surface area contributed by atoms with Crippen molar-refractivity contribution >= 4 is 0 Å². The zero-order valence-corrected chi connectivity index (χ0v) is 14.8. The second-order valence-electron chi connectivity index (χ2n) is 8.01. The Bertz CT molecular complexity index is 295. The van der Waals surface area contributed by atoms with Gasteiger partial charge in [-0.1, -0.05) is 33.1 Å². The number of hydrogen-bond donors (Lipinski definition) is 1. The minimum Gasteiger partial charge on any atom is -0.309 e. The molecular formula is C18H37N3. The van der Waals surface area contributed by atoms with Crippen molar-refractivity contribution in [2.45, 2.75) is 70.4 Å². The summed E-state index contributed by atoms with van der Waals surface area (Å²) in [6.45, 7) is 9.78. The van der Waals surface area contributed by atoms with Gasteiger partial charge in [0.15, 0.2) is 0 Å². The van der Waals surface area contributed by atoms with Crippen LogP contribution in [0.15, 0.2) is 0 Å². The van der Waals surface area contributed by atoms with Crippen LogP contribution >= 0.6 is 0 Å². The minimum atomic E-state index is 0.450. The molecule has 0 aromatic carbocycles. The molecule has 124 valence electrons. The van der Waals surface area contributed by atoms with Gasteiger partial charge in [0, 0.05) is 24.7 Å². The molecule has 1 heterocycles. The van der Waals surface area contributed by atoms with Crippen molar-refractivity contribution in [3.63, 3.8) is 0 Å². The van der Waals surface area contributed by atoms with E-state index in [1.807, 2.05) is 0 Å². The van der Waals surface area contributed by atoms with Crippen molar-refractivity contribution < 1.29 is 0 Å². The Labute approximate surface area is 132 Å². The van der Waals surface area contributed by atoms with Gasteiger partial charge in [0.2, 0.25) is 0 Å². The maximum atomic E-state index is 3.95. The third-order valence-electron chi connectivity index (χ3n) is 5.54. The van der Waals surface area contributed by atoms with Gasteiger partial charge in [-0.2, -0.15) is 0 Å². The van der Waals surface area contributed by atoms with E-state index in [1.165, 1.54) is 71.1 Å². The van der Waals surface area contributed by atoms with Crippen LogP contribution in [-0.4, -0.2) is 61.7 Å². The van der Waals surface area contributed by atoms with E-state index in [2.05, 4.69) is 43.1 Å². The zero-order valence-electron chi connectivity index (χ0n) is 14.8. The van der Waals surface area contributed by atoms with E-state index in [-0.39, 0.29) is 0 Å². The summed E-state index contributed by atoms with van der Waals surface area (Å²) in [4.78, 5) is 5.13. The van der Waals surface area contributed by atoms with E-state index in [0.717, 1.165) is 12.0 Å². The van der Waals surface area contributed by atoms with Crippen LogP contribution in [0.1, 0.15) is 58.8 Å². The Morgan fingerprint density at radius 2 is 1.86 bits per heavy atom. The summed E-state index contributed by atoms with van der Waals surface area (Å²) in [5, 5.41) is 3.95. The van der Waals surface area contributed by atoms with Crippen molar-refractivity contribution in [1.29, 1.82) is 0 Å². The standard InChI is InChI=1S/C18H37N3/c1-16(2)17-14-19-18(10-6-5-7-11-18)15-21(17)13-9-8-12-20(3)4/h16-17,19H,5-15H2,1-4H3. The van der Waals surface area contributed by atoms with Crippen molar-refractivity contribution in [2.75, 3.05) is 40.3 Å². The van der Waals surface area contributed by atoms with E-state index in [0.29, 0.717) is 5.54 Å². The second-order valence-corrected chi connectivity index (χ2v) is 8.01. The molecule has 2 aliphatic rings. The third kappa shape index (κ3) is 4.94. The molecule has 0 aromatic rings. The fraction of sp³-hybridized carbons (Fsp3) is 1.00. The number of nitrogens with one attached hydrogen (secondary N) is 1. The molecule has 21 heavy (non-hydrogen) atoms. The molecule has 0 aromatic heterocycles. The molecule has 2 fully saturated rings. The van der Waals surface area contributed by atoms with Crippen molar-refractivity contribution in [3.8, 4) is 0 Å². The van der Waals surface area contributed by atoms with Crippen molar-refractivity contribution in [1.82, 2.24) is 15.1 Å². The monoisotopic (exact) mass is 295 g/mol. The zero-order chi connectivity index (χ0) is 15.3. The van der Waals surface area contributed by atoms with Crippen LogP contribution in [0, 0.1) is 5.92 Å². The predicted octanol–water partition coefficient (Wildman–Crippen LogP) is 2.96. The van der Waals surface area contributed by atoms with E-state index in [1.54, 1.807) is 0 Å². The summed E-state index contributed by atoms with van der Waals surface area (Å²) in [5.74, 6) is 0.757. The van der Waals surface area contributed by atoms with Gasteiger partial charge < -0.3 is 10.2 Å². The Morgan fingerprint density at radius 3 is 2.48 bits per heavy atom. The summed E-state index contributed by atoms with van der Waals surface area (Å²) >= 11 is 0. The average Bonchev–Trinajstić information content (AvgIpc) is 2.44. The molecule has 1 atom stereocenters. The van der Waals surface area contributed by atoms with E-state index < -0.39 is 0 Å². The number of nitrogens with zero attached hydrogens (tertiary/aromatic N) is 2. The fourth-order valence-corrected chi connectivity index (χ4v) is 4.22. The van der Waals surface area contributed by atoms with Gasteiger partial charge in [0.1, 0.15) is 0 Å². The lowest BCUT2D eigenvalue weighted by molar-refractivity contribution is 0.0352. The highest BCUT2D eigenvalue weighted by molar-refractivity contribution is 5.00. The fourth-order valence-electron chi connectivity index (χ4n) is 4.22. The molecule has 1 saturated heterocycles. The normalized spacial score (nSPS) is 26.9. The van der Waals surface area contributed by atoms with Crippen LogP contribution in [0.5, 0.6) is 0 Å².